The van der Waals surface area contributed by atoms with E-state index in [4.69, 9.17) is 0 Å². The second kappa shape index (κ2) is 5.66. The number of para-hydroxylation sites is 1. The van der Waals surface area contributed by atoms with Crippen LogP contribution in [-0.4, -0.2) is 24.0 Å². The van der Waals surface area contributed by atoms with E-state index in [1.807, 2.05) is 26.2 Å². The molecule has 2 aromatic rings. The molecule has 6 heteroatoms. The zero-order chi connectivity index (χ0) is 14.8. The SMILES string of the molecule is CCS(=O)(=O)c1ccccc1NCc1cn(C)nc1C. The minimum absolute atomic E-state index is 0.0949. The van der Waals surface area contributed by atoms with E-state index in [1.165, 1.54) is 0 Å². The third-order valence-electron chi connectivity index (χ3n) is 3.19. The topological polar surface area (TPSA) is 64.0 Å². The van der Waals surface area contributed by atoms with Crippen molar-refractivity contribution in [1.82, 2.24) is 9.78 Å². The van der Waals surface area contributed by atoms with Crippen molar-refractivity contribution < 1.29 is 8.42 Å². The summed E-state index contributed by atoms with van der Waals surface area (Å²) in [5, 5.41) is 7.46. The summed E-state index contributed by atoms with van der Waals surface area (Å²) in [5.41, 5.74) is 2.63. The van der Waals surface area contributed by atoms with Gasteiger partial charge in [0.2, 0.25) is 0 Å². The van der Waals surface area contributed by atoms with E-state index >= 15 is 0 Å². The third-order valence-corrected chi connectivity index (χ3v) is 4.97. The first-order valence-electron chi connectivity index (χ1n) is 6.49. The first kappa shape index (κ1) is 14.6. The van der Waals surface area contributed by atoms with Crippen molar-refractivity contribution in [3.05, 3.63) is 41.7 Å². The van der Waals surface area contributed by atoms with Crippen LogP contribution in [0.25, 0.3) is 0 Å². The van der Waals surface area contributed by atoms with Crippen LogP contribution in [0.2, 0.25) is 0 Å². The van der Waals surface area contributed by atoms with Crippen LogP contribution in [0.1, 0.15) is 18.2 Å². The standard InChI is InChI=1S/C14H19N3O2S/c1-4-20(18,19)14-8-6-5-7-13(14)15-9-12-10-17(3)16-11(12)2/h5-8,10,15H,4,9H2,1-3H3. The molecule has 1 N–H and O–H groups in total. The summed E-state index contributed by atoms with van der Waals surface area (Å²) in [4.78, 5) is 0.351. The molecule has 1 aromatic heterocycles. The van der Waals surface area contributed by atoms with Gasteiger partial charge >= 0.3 is 0 Å². The second-order valence-corrected chi connectivity index (χ2v) is 6.91. The van der Waals surface area contributed by atoms with Crippen molar-refractivity contribution in [3.8, 4) is 0 Å². The molecule has 0 saturated heterocycles. The van der Waals surface area contributed by atoms with Gasteiger partial charge in [0.05, 0.1) is 22.0 Å². The van der Waals surface area contributed by atoms with Crippen molar-refractivity contribution in [2.75, 3.05) is 11.1 Å². The van der Waals surface area contributed by atoms with Crippen molar-refractivity contribution in [2.45, 2.75) is 25.3 Å². The predicted octanol–water partition coefficient (Wildman–Crippen LogP) is 2.13. The highest BCUT2D eigenvalue weighted by atomic mass is 32.2. The van der Waals surface area contributed by atoms with Crippen LogP contribution in [0.4, 0.5) is 5.69 Å². The number of benzene rings is 1. The fraction of sp³-hybridized carbons (Fsp3) is 0.357. The zero-order valence-electron chi connectivity index (χ0n) is 11.9. The summed E-state index contributed by atoms with van der Waals surface area (Å²) in [5.74, 6) is 0.0949. The van der Waals surface area contributed by atoms with Crippen LogP contribution in [0.15, 0.2) is 35.4 Å². The normalized spacial score (nSPS) is 11.6. The Hall–Kier alpha value is -1.82. The highest BCUT2D eigenvalue weighted by Crippen LogP contribution is 2.22. The average Bonchev–Trinajstić information content (AvgIpc) is 2.75. The molecule has 0 bridgehead atoms. The average molecular weight is 293 g/mol. The maximum absolute atomic E-state index is 12.0. The molecular formula is C14H19N3O2S. The molecule has 0 amide bonds. The van der Waals surface area contributed by atoms with E-state index in [0.29, 0.717) is 17.1 Å². The molecule has 0 aliphatic heterocycles. The molecular weight excluding hydrogens is 274 g/mol. The molecule has 20 heavy (non-hydrogen) atoms. The zero-order valence-corrected chi connectivity index (χ0v) is 12.7. The number of hydrogen-bond acceptors (Lipinski definition) is 4. The molecule has 0 saturated carbocycles. The van der Waals surface area contributed by atoms with Crippen LogP contribution in [0.5, 0.6) is 0 Å². The first-order valence-corrected chi connectivity index (χ1v) is 8.14. The fourth-order valence-corrected chi connectivity index (χ4v) is 3.12. The lowest BCUT2D eigenvalue weighted by molar-refractivity contribution is 0.597. The lowest BCUT2D eigenvalue weighted by atomic mass is 10.2. The van der Waals surface area contributed by atoms with Gasteiger partial charge in [-0.15, -0.1) is 0 Å². The number of aryl methyl sites for hydroxylation is 2. The lowest BCUT2D eigenvalue weighted by Gasteiger charge is -2.11. The fourth-order valence-electron chi connectivity index (χ4n) is 2.05. The van der Waals surface area contributed by atoms with Crippen LogP contribution < -0.4 is 5.32 Å². The van der Waals surface area contributed by atoms with Crippen molar-refractivity contribution in [3.63, 3.8) is 0 Å². The minimum Gasteiger partial charge on any atom is -0.380 e. The van der Waals surface area contributed by atoms with Gasteiger partial charge in [0.15, 0.2) is 9.84 Å². The van der Waals surface area contributed by atoms with Gasteiger partial charge < -0.3 is 5.32 Å². The van der Waals surface area contributed by atoms with E-state index in [1.54, 1.807) is 29.8 Å². The summed E-state index contributed by atoms with van der Waals surface area (Å²) in [6.45, 7) is 4.14. The Balaban J connectivity index is 2.25. The molecule has 0 atom stereocenters. The number of nitrogens with zero attached hydrogens (tertiary/aromatic N) is 2. The van der Waals surface area contributed by atoms with Crippen LogP contribution in [-0.2, 0) is 23.4 Å². The Morgan fingerprint density at radius 3 is 2.60 bits per heavy atom. The molecule has 108 valence electrons. The summed E-state index contributed by atoms with van der Waals surface area (Å²) in [6.07, 6.45) is 1.93. The van der Waals surface area contributed by atoms with E-state index in [-0.39, 0.29) is 5.75 Å². The van der Waals surface area contributed by atoms with Crippen LogP contribution >= 0.6 is 0 Å². The molecule has 0 radical (unpaired) electrons. The van der Waals surface area contributed by atoms with E-state index in [0.717, 1.165) is 11.3 Å². The number of anilines is 1. The monoisotopic (exact) mass is 293 g/mol. The number of hydrogen-bond donors (Lipinski definition) is 1. The summed E-state index contributed by atoms with van der Waals surface area (Å²) >= 11 is 0. The van der Waals surface area contributed by atoms with Gasteiger partial charge in [-0.05, 0) is 19.1 Å². The first-order chi connectivity index (χ1) is 9.44. The quantitative estimate of drug-likeness (QED) is 0.917. The van der Waals surface area contributed by atoms with Gasteiger partial charge in [-0.2, -0.15) is 5.10 Å². The number of nitrogens with one attached hydrogen (secondary N) is 1. The maximum Gasteiger partial charge on any atom is 0.180 e. The molecule has 0 unspecified atom stereocenters. The Kier molecular flexibility index (Phi) is 4.13. The van der Waals surface area contributed by atoms with Crippen molar-refractivity contribution in [2.24, 2.45) is 7.05 Å². The van der Waals surface area contributed by atoms with Gasteiger partial charge in [0, 0.05) is 25.4 Å². The largest absolute Gasteiger partial charge is 0.380 e. The number of aromatic nitrogens is 2. The van der Waals surface area contributed by atoms with Gasteiger partial charge in [0.1, 0.15) is 0 Å². The van der Waals surface area contributed by atoms with E-state index in [9.17, 15) is 8.42 Å². The van der Waals surface area contributed by atoms with E-state index < -0.39 is 9.84 Å². The van der Waals surface area contributed by atoms with E-state index in [2.05, 4.69) is 10.4 Å². The second-order valence-electron chi connectivity index (χ2n) is 4.67. The number of rotatable bonds is 5. The van der Waals surface area contributed by atoms with Gasteiger partial charge in [-0.1, -0.05) is 19.1 Å². The summed E-state index contributed by atoms with van der Waals surface area (Å²) in [6, 6.07) is 6.99. The molecule has 0 spiro atoms. The smallest absolute Gasteiger partial charge is 0.180 e. The predicted molar refractivity (Wildman–Crippen MR) is 79.4 cm³/mol. The molecule has 0 aliphatic carbocycles. The highest BCUT2D eigenvalue weighted by molar-refractivity contribution is 7.91. The van der Waals surface area contributed by atoms with Crippen molar-refractivity contribution in [1.29, 1.82) is 0 Å². The number of sulfone groups is 1. The molecule has 0 fully saturated rings. The van der Waals surface area contributed by atoms with Gasteiger partial charge in [0.25, 0.3) is 0 Å². The van der Waals surface area contributed by atoms with Gasteiger partial charge in [-0.3, -0.25) is 4.68 Å². The third kappa shape index (κ3) is 3.01. The Morgan fingerprint density at radius 2 is 2.00 bits per heavy atom. The lowest BCUT2D eigenvalue weighted by Crippen LogP contribution is -2.09. The van der Waals surface area contributed by atoms with Gasteiger partial charge in [-0.25, -0.2) is 8.42 Å². The van der Waals surface area contributed by atoms with Crippen LogP contribution in [0.3, 0.4) is 0 Å². The summed E-state index contributed by atoms with van der Waals surface area (Å²) < 4.78 is 25.8. The molecule has 5 nitrogen and oxygen atoms in total. The Bertz CT molecular complexity index is 705. The van der Waals surface area contributed by atoms with Crippen LogP contribution in [0, 0.1) is 6.92 Å². The molecule has 0 aliphatic rings. The molecule has 1 aromatic carbocycles. The molecule has 1 heterocycles. The Morgan fingerprint density at radius 1 is 1.30 bits per heavy atom. The molecule has 2 rings (SSSR count). The Labute approximate surface area is 119 Å². The summed E-state index contributed by atoms with van der Waals surface area (Å²) in [7, 11) is -1.35. The minimum atomic E-state index is -3.22. The van der Waals surface area contributed by atoms with Crippen molar-refractivity contribution >= 4 is 15.5 Å². The maximum atomic E-state index is 12.0. The highest BCUT2D eigenvalue weighted by Gasteiger charge is 2.16.